The molecule has 1 aromatic carbocycles. The van der Waals surface area contributed by atoms with Gasteiger partial charge in [-0.25, -0.2) is 0 Å². The maximum atomic E-state index is 13.5. The molecule has 4 N–H and O–H groups in total. The second kappa shape index (κ2) is 8.69. The van der Waals surface area contributed by atoms with Gasteiger partial charge in [0.1, 0.15) is 12.6 Å². The number of aliphatic hydroxyl groups is 1. The van der Waals surface area contributed by atoms with Crippen molar-refractivity contribution < 1.29 is 19.5 Å². The number of aromatic nitrogens is 2. The molecule has 2 aliphatic carbocycles. The molecule has 2 saturated carbocycles. The number of rotatable bonds is 7. The maximum absolute atomic E-state index is 13.5. The van der Waals surface area contributed by atoms with E-state index in [-0.39, 0.29) is 48.2 Å². The van der Waals surface area contributed by atoms with Crippen molar-refractivity contribution in [2.45, 2.75) is 76.5 Å². The summed E-state index contributed by atoms with van der Waals surface area (Å²) >= 11 is 0. The van der Waals surface area contributed by atoms with E-state index >= 15 is 0 Å². The second-order valence-corrected chi connectivity index (χ2v) is 10.3. The van der Waals surface area contributed by atoms with E-state index in [9.17, 15) is 19.5 Å². The average Bonchev–Trinajstić information content (AvgIpc) is 3.26. The van der Waals surface area contributed by atoms with Gasteiger partial charge >= 0.3 is 0 Å². The Balaban J connectivity index is 1.36. The van der Waals surface area contributed by atoms with Crippen molar-refractivity contribution in [2.24, 2.45) is 17.1 Å². The van der Waals surface area contributed by atoms with Crippen LogP contribution in [0.2, 0.25) is 0 Å². The van der Waals surface area contributed by atoms with Gasteiger partial charge in [-0.15, -0.1) is 0 Å². The quantitative estimate of drug-likeness (QED) is 0.569. The van der Waals surface area contributed by atoms with Crippen molar-refractivity contribution in [3.05, 3.63) is 30.0 Å². The molecule has 5 atom stereocenters. The minimum absolute atomic E-state index is 0.0386. The largest absolute Gasteiger partial charge is 0.396 e. The zero-order valence-corrected chi connectivity index (χ0v) is 19.6. The molecule has 0 spiro atoms. The van der Waals surface area contributed by atoms with Gasteiger partial charge in [0.05, 0.1) is 12.1 Å². The molecule has 3 unspecified atom stereocenters. The lowest BCUT2D eigenvalue weighted by molar-refractivity contribution is -0.140. The lowest BCUT2D eigenvalue weighted by Gasteiger charge is -2.32. The molecular weight excluding hydrogens is 434 g/mol. The van der Waals surface area contributed by atoms with E-state index in [0.717, 1.165) is 25.7 Å². The van der Waals surface area contributed by atoms with Gasteiger partial charge in [0.2, 0.25) is 11.8 Å². The number of primary amides is 1. The predicted molar refractivity (Wildman–Crippen MR) is 126 cm³/mol. The maximum Gasteiger partial charge on any atom is 0.269 e. The summed E-state index contributed by atoms with van der Waals surface area (Å²) in [6, 6.07) is 6.54. The van der Waals surface area contributed by atoms with Gasteiger partial charge in [-0.05, 0) is 37.7 Å². The molecule has 182 valence electrons. The SMILES string of the molecule is CCC1CCCC(NC(=O)[C@@H]2C[C@@]3(CO)CC3N2C(=O)Cn2nc(C(N)=O)c3ccccc32)C1. The summed E-state index contributed by atoms with van der Waals surface area (Å²) in [6.45, 7) is 2.05. The lowest BCUT2D eigenvalue weighted by Crippen LogP contribution is -2.51. The number of carbonyl (C=O) groups excluding carboxylic acids is 3. The third kappa shape index (κ3) is 3.85. The van der Waals surface area contributed by atoms with Crippen LogP contribution in [0, 0.1) is 11.3 Å². The Morgan fingerprint density at radius 1 is 1.24 bits per heavy atom. The molecule has 2 heterocycles. The Bertz CT molecular complexity index is 1130. The molecule has 34 heavy (non-hydrogen) atoms. The first kappa shape index (κ1) is 22.8. The van der Waals surface area contributed by atoms with Gasteiger partial charge in [-0.2, -0.15) is 5.10 Å². The fourth-order valence-corrected chi connectivity index (χ4v) is 6.17. The molecule has 2 aromatic rings. The molecule has 9 nitrogen and oxygen atoms in total. The van der Waals surface area contributed by atoms with E-state index in [1.54, 1.807) is 23.1 Å². The average molecular weight is 468 g/mol. The van der Waals surface area contributed by atoms with Gasteiger partial charge < -0.3 is 21.1 Å². The molecule has 1 saturated heterocycles. The molecule has 0 radical (unpaired) electrons. The molecule has 3 fully saturated rings. The van der Waals surface area contributed by atoms with Crippen LogP contribution in [0.3, 0.4) is 0 Å². The zero-order chi connectivity index (χ0) is 24.0. The second-order valence-electron chi connectivity index (χ2n) is 10.3. The van der Waals surface area contributed by atoms with Crippen LogP contribution in [0.1, 0.15) is 62.4 Å². The third-order valence-corrected chi connectivity index (χ3v) is 8.21. The minimum Gasteiger partial charge on any atom is -0.396 e. The number of benzene rings is 1. The predicted octanol–water partition coefficient (Wildman–Crippen LogP) is 1.57. The summed E-state index contributed by atoms with van der Waals surface area (Å²) in [5.41, 5.74) is 5.87. The Kier molecular flexibility index (Phi) is 5.83. The molecule has 0 bridgehead atoms. The first-order valence-electron chi connectivity index (χ1n) is 12.3. The van der Waals surface area contributed by atoms with Crippen LogP contribution in [0.4, 0.5) is 0 Å². The summed E-state index contributed by atoms with van der Waals surface area (Å²) in [5.74, 6) is -0.388. The van der Waals surface area contributed by atoms with Crippen LogP contribution in [0.5, 0.6) is 0 Å². The van der Waals surface area contributed by atoms with Crippen molar-refractivity contribution >= 4 is 28.6 Å². The minimum atomic E-state index is -0.653. The molecule has 5 rings (SSSR count). The van der Waals surface area contributed by atoms with Gasteiger partial charge in [0, 0.05) is 22.9 Å². The summed E-state index contributed by atoms with van der Waals surface area (Å²) in [6.07, 6.45) is 6.54. The van der Waals surface area contributed by atoms with E-state index in [1.165, 1.54) is 11.1 Å². The number of aliphatic hydroxyl groups excluding tert-OH is 1. The topological polar surface area (TPSA) is 131 Å². The highest BCUT2D eigenvalue weighted by atomic mass is 16.3. The molecule has 3 aliphatic rings. The number of fused-ring (bicyclic) bond motifs is 2. The lowest BCUT2D eigenvalue weighted by atomic mass is 9.84. The van der Waals surface area contributed by atoms with Gasteiger partial charge in [0.25, 0.3) is 5.91 Å². The van der Waals surface area contributed by atoms with Gasteiger partial charge in [-0.1, -0.05) is 44.4 Å². The number of para-hydroxylation sites is 1. The molecule has 1 aromatic heterocycles. The van der Waals surface area contributed by atoms with Crippen LogP contribution in [0.15, 0.2) is 24.3 Å². The Labute approximate surface area is 198 Å². The van der Waals surface area contributed by atoms with Crippen LogP contribution in [0.25, 0.3) is 10.9 Å². The van der Waals surface area contributed by atoms with E-state index in [4.69, 9.17) is 5.73 Å². The van der Waals surface area contributed by atoms with Crippen LogP contribution in [-0.2, 0) is 16.1 Å². The Morgan fingerprint density at radius 3 is 2.76 bits per heavy atom. The highest BCUT2D eigenvalue weighted by Gasteiger charge is 2.66. The number of piperidine rings is 1. The van der Waals surface area contributed by atoms with E-state index in [2.05, 4.69) is 17.3 Å². The van der Waals surface area contributed by atoms with E-state index in [0.29, 0.717) is 29.7 Å². The molecule has 9 heteroatoms. The summed E-state index contributed by atoms with van der Waals surface area (Å²) in [7, 11) is 0. The van der Waals surface area contributed by atoms with Gasteiger partial charge in [-0.3, -0.25) is 19.1 Å². The monoisotopic (exact) mass is 467 g/mol. The molecule has 3 amide bonds. The number of carbonyl (C=O) groups is 3. The standard InChI is InChI=1S/C25H33N5O4/c1-2-15-6-5-7-16(10-15)27-24(34)19-11-25(14-31)12-20(25)30(19)21(32)13-29-18-9-4-3-8-17(18)22(28-29)23(26)33/h3-4,8-9,15-16,19-20,31H,2,5-7,10-14H2,1H3,(H2,26,33)(H,27,34)/t15?,16?,19-,20?,25-/m0/s1. The number of nitrogens with zero attached hydrogens (tertiary/aromatic N) is 3. The number of hydrogen-bond donors (Lipinski definition) is 3. The van der Waals surface area contributed by atoms with Crippen molar-refractivity contribution in [3.63, 3.8) is 0 Å². The van der Waals surface area contributed by atoms with Crippen LogP contribution in [-0.4, -0.2) is 62.2 Å². The normalized spacial score (nSPS) is 30.2. The summed E-state index contributed by atoms with van der Waals surface area (Å²) in [5, 5.41) is 18.1. The summed E-state index contributed by atoms with van der Waals surface area (Å²) < 4.78 is 1.49. The summed E-state index contributed by atoms with van der Waals surface area (Å²) in [4.78, 5) is 40.4. The zero-order valence-electron chi connectivity index (χ0n) is 19.6. The highest BCUT2D eigenvalue weighted by Crippen LogP contribution is 2.59. The highest BCUT2D eigenvalue weighted by molar-refractivity contribution is 6.04. The third-order valence-electron chi connectivity index (χ3n) is 8.21. The number of nitrogens with one attached hydrogen (secondary N) is 1. The Morgan fingerprint density at radius 2 is 2.03 bits per heavy atom. The van der Waals surface area contributed by atoms with Crippen molar-refractivity contribution in [1.29, 1.82) is 0 Å². The van der Waals surface area contributed by atoms with Gasteiger partial charge in [0.15, 0.2) is 5.69 Å². The first-order chi connectivity index (χ1) is 16.4. The molecule has 1 aliphatic heterocycles. The number of amides is 3. The van der Waals surface area contributed by atoms with Crippen molar-refractivity contribution in [3.8, 4) is 0 Å². The van der Waals surface area contributed by atoms with Crippen molar-refractivity contribution in [1.82, 2.24) is 20.0 Å². The van der Waals surface area contributed by atoms with Crippen molar-refractivity contribution in [2.75, 3.05) is 6.61 Å². The first-order valence-corrected chi connectivity index (χ1v) is 12.3. The van der Waals surface area contributed by atoms with Crippen LogP contribution < -0.4 is 11.1 Å². The fraction of sp³-hybridized carbons (Fsp3) is 0.600. The number of nitrogens with two attached hydrogens (primary N) is 1. The smallest absolute Gasteiger partial charge is 0.269 e. The fourth-order valence-electron chi connectivity index (χ4n) is 6.17. The van der Waals surface area contributed by atoms with Crippen LogP contribution >= 0.6 is 0 Å². The molecular formula is C25H33N5O4. The van der Waals surface area contributed by atoms with E-state index < -0.39 is 11.9 Å². The Hall–Kier alpha value is -2.94. The number of likely N-dealkylation sites (tertiary alicyclic amines) is 1. The van der Waals surface area contributed by atoms with E-state index in [1.807, 2.05) is 6.07 Å². The number of hydrogen-bond acceptors (Lipinski definition) is 5.